The molecule has 23 heavy (non-hydrogen) atoms. The van der Waals surface area contributed by atoms with Crippen molar-refractivity contribution in [3.63, 3.8) is 0 Å². The van der Waals surface area contributed by atoms with Crippen molar-refractivity contribution in [3.8, 4) is 0 Å². The Labute approximate surface area is 136 Å². The minimum atomic E-state index is 0.0686. The van der Waals surface area contributed by atoms with Crippen LogP contribution in [0.5, 0.6) is 0 Å². The molecular formula is C19H21N3O. The lowest BCUT2D eigenvalue weighted by Crippen LogP contribution is -2.26. The molecule has 1 heterocycles. The van der Waals surface area contributed by atoms with Gasteiger partial charge in [-0.15, -0.1) is 0 Å². The van der Waals surface area contributed by atoms with Gasteiger partial charge < -0.3 is 10.3 Å². The molecule has 3 aromatic rings. The lowest BCUT2D eigenvalue weighted by atomic mass is 10.1. The minimum absolute atomic E-state index is 0.0686. The van der Waals surface area contributed by atoms with Crippen molar-refractivity contribution >= 4 is 16.9 Å². The number of hydrogen-bond donors (Lipinski definition) is 2. The molecule has 0 bridgehead atoms. The SMILES string of the molecule is Cc1ccccc1CCNC(=O)CCc1nc2ccccc2[nH]1. The number of nitrogens with zero attached hydrogens (tertiary/aromatic N) is 1. The molecule has 1 aromatic heterocycles. The van der Waals surface area contributed by atoms with E-state index in [-0.39, 0.29) is 5.91 Å². The molecular weight excluding hydrogens is 286 g/mol. The summed E-state index contributed by atoms with van der Waals surface area (Å²) in [6.45, 7) is 2.77. The van der Waals surface area contributed by atoms with E-state index in [1.807, 2.05) is 36.4 Å². The van der Waals surface area contributed by atoms with Crippen molar-refractivity contribution in [1.82, 2.24) is 15.3 Å². The lowest BCUT2D eigenvalue weighted by Gasteiger charge is -2.07. The Balaban J connectivity index is 1.45. The number of hydrogen-bond acceptors (Lipinski definition) is 2. The van der Waals surface area contributed by atoms with Gasteiger partial charge in [0.15, 0.2) is 0 Å². The third-order valence-electron chi connectivity index (χ3n) is 4.01. The van der Waals surface area contributed by atoms with Crippen LogP contribution in [0.25, 0.3) is 11.0 Å². The maximum atomic E-state index is 12.0. The van der Waals surface area contributed by atoms with E-state index in [2.05, 4.69) is 34.3 Å². The van der Waals surface area contributed by atoms with Crippen LogP contribution < -0.4 is 5.32 Å². The van der Waals surface area contributed by atoms with Crippen LogP contribution in [0.1, 0.15) is 23.4 Å². The van der Waals surface area contributed by atoms with Crippen LogP contribution in [0.3, 0.4) is 0 Å². The third-order valence-corrected chi connectivity index (χ3v) is 4.01. The molecule has 0 radical (unpaired) electrons. The van der Waals surface area contributed by atoms with Crippen molar-refractivity contribution < 1.29 is 4.79 Å². The second-order valence-corrected chi connectivity index (χ2v) is 5.73. The highest BCUT2D eigenvalue weighted by Crippen LogP contribution is 2.11. The van der Waals surface area contributed by atoms with E-state index in [4.69, 9.17) is 0 Å². The van der Waals surface area contributed by atoms with E-state index >= 15 is 0 Å². The number of aryl methyl sites for hydroxylation is 2. The highest BCUT2D eigenvalue weighted by molar-refractivity contribution is 5.77. The van der Waals surface area contributed by atoms with Crippen LogP contribution >= 0.6 is 0 Å². The first-order valence-electron chi connectivity index (χ1n) is 7.97. The number of aromatic amines is 1. The summed E-state index contributed by atoms with van der Waals surface area (Å²) < 4.78 is 0. The molecule has 3 rings (SSSR count). The zero-order valence-electron chi connectivity index (χ0n) is 13.3. The smallest absolute Gasteiger partial charge is 0.220 e. The van der Waals surface area contributed by atoms with Crippen LogP contribution in [-0.4, -0.2) is 22.4 Å². The van der Waals surface area contributed by atoms with Crippen LogP contribution in [-0.2, 0) is 17.6 Å². The summed E-state index contributed by atoms with van der Waals surface area (Å²) in [5.74, 6) is 0.930. The van der Waals surface area contributed by atoms with E-state index in [1.54, 1.807) is 0 Å². The standard InChI is InChI=1S/C19H21N3O/c1-14-6-2-3-7-15(14)12-13-20-19(23)11-10-18-21-16-8-4-5-9-17(16)22-18/h2-9H,10-13H2,1H3,(H,20,23)(H,21,22). The summed E-state index contributed by atoms with van der Waals surface area (Å²) in [7, 11) is 0. The summed E-state index contributed by atoms with van der Waals surface area (Å²) in [6, 6.07) is 16.2. The van der Waals surface area contributed by atoms with Gasteiger partial charge >= 0.3 is 0 Å². The Morgan fingerprint density at radius 3 is 2.70 bits per heavy atom. The molecule has 4 heteroatoms. The Kier molecular flexibility index (Phi) is 4.71. The van der Waals surface area contributed by atoms with Crippen LogP contribution in [0.15, 0.2) is 48.5 Å². The molecule has 0 fully saturated rings. The largest absolute Gasteiger partial charge is 0.356 e. The number of rotatable bonds is 6. The van der Waals surface area contributed by atoms with E-state index < -0.39 is 0 Å². The molecule has 4 nitrogen and oxygen atoms in total. The van der Waals surface area contributed by atoms with Crippen molar-refractivity contribution in [2.45, 2.75) is 26.2 Å². The van der Waals surface area contributed by atoms with Gasteiger partial charge in [0.1, 0.15) is 5.82 Å². The fourth-order valence-corrected chi connectivity index (χ4v) is 2.67. The number of benzene rings is 2. The van der Waals surface area contributed by atoms with Crippen LogP contribution in [0.4, 0.5) is 0 Å². The molecule has 0 saturated heterocycles. The van der Waals surface area contributed by atoms with Crippen LogP contribution in [0, 0.1) is 6.92 Å². The molecule has 0 saturated carbocycles. The highest BCUT2D eigenvalue weighted by atomic mass is 16.1. The number of carbonyl (C=O) groups is 1. The predicted octanol–water partition coefficient (Wildman–Crippen LogP) is 3.16. The summed E-state index contributed by atoms with van der Waals surface area (Å²) in [5, 5.41) is 2.98. The zero-order chi connectivity index (χ0) is 16.1. The maximum Gasteiger partial charge on any atom is 0.220 e. The van der Waals surface area contributed by atoms with E-state index in [0.717, 1.165) is 23.3 Å². The molecule has 0 unspecified atom stereocenters. The quantitative estimate of drug-likeness (QED) is 0.735. The van der Waals surface area contributed by atoms with Crippen LogP contribution in [0.2, 0.25) is 0 Å². The van der Waals surface area contributed by atoms with Gasteiger partial charge in [-0.25, -0.2) is 4.98 Å². The number of fused-ring (bicyclic) bond motifs is 1. The molecule has 0 aliphatic rings. The minimum Gasteiger partial charge on any atom is -0.356 e. The van der Waals surface area contributed by atoms with E-state index in [9.17, 15) is 4.79 Å². The summed E-state index contributed by atoms with van der Waals surface area (Å²) in [5.41, 5.74) is 4.51. The average Bonchev–Trinajstić information content (AvgIpc) is 2.98. The number of aromatic nitrogens is 2. The second kappa shape index (κ2) is 7.09. The van der Waals surface area contributed by atoms with Crippen molar-refractivity contribution in [2.24, 2.45) is 0 Å². The van der Waals surface area contributed by atoms with Gasteiger partial charge in [-0.3, -0.25) is 4.79 Å². The Hall–Kier alpha value is -2.62. The maximum absolute atomic E-state index is 12.0. The summed E-state index contributed by atoms with van der Waals surface area (Å²) >= 11 is 0. The van der Waals surface area contributed by atoms with Gasteiger partial charge in [-0.2, -0.15) is 0 Å². The first-order chi connectivity index (χ1) is 11.2. The number of H-pyrrole nitrogens is 1. The first-order valence-corrected chi connectivity index (χ1v) is 7.97. The van der Waals surface area contributed by atoms with E-state index in [0.29, 0.717) is 19.4 Å². The topological polar surface area (TPSA) is 57.8 Å². The van der Waals surface area contributed by atoms with Gasteiger partial charge in [0.05, 0.1) is 11.0 Å². The number of para-hydroxylation sites is 2. The van der Waals surface area contributed by atoms with Crippen molar-refractivity contribution in [3.05, 3.63) is 65.5 Å². The number of amides is 1. The Morgan fingerprint density at radius 1 is 1.09 bits per heavy atom. The molecule has 0 atom stereocenters. The fourth-order valence-electron chi connectivity index (χ4n) is 2.67. The monoisotopic (exact) mass is 307 g/mol. The molecule has 118 valence electrons. The van der Waals surface area contributed by atoms with Gasteiger partial charge in [0, 0.05) is 19.4 Å². The zero-order valence-corrected chi connectivity index (χ0v) is 13.3. The number of nitrogens with one attached hydrogen (secondary N) is 2. The Bertz CT molecular complexity index is 774. The number of imidazole rings is 1. The average molecular weight is 307 g/mol. The molecule has 0 aliphatic heterocycles. The second-order valence-electron chi connectivity index (χ2n) is 5.73. The molecule has 0 aliphatic carbocycles. The molecule has 1 amide bonds. The first kappa shape index (κ1) is 15.3. The third kappa shape index (κ3) is 3.97. The summed E-state index contributed by atoms with van der Waals surface area (Å²) in [6.07, 6.45) is 1.95. The summed E-state index contributed by atoms with van der Waals surface area (Å²) in [4.78, 5) is 19.7. The predicted molar refractivity (Wildman–Crippen MR) is 92.3 cm³/mol. The van der Waals surface area contributed by atoms with Gasteiger partial charge in [0.2, 0.25) is 5.91 Å². The van der Waals surface area contributed by atoms with Gasteiger partial charge in [-0.05, 0) is 36.6 Å². The van der Waals surface area contributed by atoms with Gasteiger partial charge in [-0.1, -0.05) is 36.4 Å². The highest BCUT2D eigenvalue weighted by Gasteiger charge is 2.06. The number of carbonyl (C=O) groups excluding carboxylic acids is 1. The van der Waals surface area contributed by atoms with E-state index in [1.165, 1.54) is 11.1 Å². The fraction of sp³-hybridized carbons (Fsp3) is 0.263. The molecule has 0 spiro atoms. The lowest BCUT2D eigenvalue weighted by molar-refractivity contribution is -0.121. The normalized spacial score (nSPS) is 10.8. The molecule has 2 N–H and O–H groups in total. The van der Waals surface area contributed by atoms with Crippen molar-refractivity contribution in [2.75, 3.05) is 6.54 Å². The van der Waals surface area contributed by atoms with Gasteiger partial charge in [0.25, 0.3) is 0 Å². The Morgan fingerprint density at radius 2 is 1.87 bits per heavy atom. The molecule has 2 aromatic carbocycles. The van der Waals surface area contributed by atoms with Crippen molar-refractivity contribution in [1.29, 1.82) is 0 Å².